The number of aromatic nitrogens is 1. The number of rotatable bonds is 0. The smallest absolute Gasteiger partial charge is 0.199 e. The molecule has 0 amide bonds. The molecule has 0 aliphatic carbocycles. The molecule has 0 fully saturated rings. The highest BCUT2D eigenvalue weighted by Gasteiger charge is 2.23. The second-order valence-corrected chi connectivity index (χ2v) is 5.15. The summed E-state index contributed by atoms with van der Waals surface area (Å²) in [6, 6.07) is 0. The third-order valence-corrected chi connectivity index (χ3v) is 3.32. The van der Waals surface area contributed by atoms with Crippen LogP contribution in [0.25, 0.3) is 10.2 Å². The van der Waals surface area contributed by atoms with Gasteiger partial charge in [-0.25, -0.2) is 22.5 Å². The van der Waals surface area contributed by atoms with E-state index in [9.17, 15) is 17.6 Å². The fourth-order valence-electron chi connectivity index (χ4n) is 0.988. The number of benzene rings is 1. The zero-order chi connectivity index (χ0) is 10.5. The maximum absolute atomic E-state index is 13.0. The fraction of sp³-hybridized carbons (Fsp3) is 0. The molecule has 0 unspecified atom stereocenters. The molecule has 74 valence electrons. The Morgan fingerprint density at radius 1 is 0.929 bits per heavy atom. The Hall–Kier alpha value is -0.440. The molecule has 2 aromatic rings. The van der Waals surface area contributed by atoms with Crippen LogP contribution in [0.5, 0.6) is 0 Å². The van der Waals surface area contributed by atoms with E-state index in [1.165, 1.54) is 0 Å². The summed E-state index contributed by atoms with van der Waals surface area (Å²) < 4.78 is 51.5. The van der Waals surface area contributed by atoms with Gasteiger partial charge in [0, 0.05) is 0 Å². The third-order valence-electron chi connectivity index (χ3n) is 1.59. The van der Waals surface area contributed by atoms with E-state index in [4.69, 9.17) is 0 Å². The lowest BCUT2D eigenvalue weighted by Gasteiger charge is -1.97. The molecule has 0 radical (unpaired) electrons. The quantitative estimate of drug-likeness (QED) is 0.311. The van der Waals surface area contributed by atoms with Gasteiger partial charge in [-0.3, -0.25) is 0 Å². The molecular formula is C7F4INS. The highest BCUT2D eigenvalue weighted by atomic mass is 127. The Balaban J connectivity index is 3.01. The average Bonchev–Trinajstić information content (AvgIpc) is 2.54. The SMILES string of the molecule is Fc1c(F)c(F)c2sc(I)nc2c1F. The van der Waals surface area contributed by atoms with Crippen LogP contribution in [0.4, 0.5) is 17.6 Å². The normalized spacial score (nSPS) is 11.2. The van der Waals surface area contributed by atoms with Crippen molar-refractivity contribution in [3.63, 3.8) is 0 Å². The minimum absolute atomic E-state index is 0.300. The van der Waals surface area contributed by atoms with Gasteiger partial charge in [-0.05, 0) is 22.6 Å². The number of thiazole rings is 1. The van der Waals surface area contributed by atoms with Crippen molar-refractivity contribution in [2.24, 2.45) is 0 Å². The minimum atomic E-state index is -1.82. The van der Waals surface area contributed by atoms with Gasteiger partial charge in [0.2, 0.25) is 0 Å². The Bertz CT molecular complexity index is 479. The second kappa shape index (κ2) is 3.30. The fourth-order valence-corrected chi connectivity index (χ4v) is 2.61. The molecule has 0 N–H and O–H groups in total. The van der Waals surface area contributed by atoms with Crippen molar-refractivity contribution in [3.05, 3.63) is 26.3 Å². The highest BCUT2D eigenvalue weighted by molar-refractivity contribution is 14.1. The molecular weight excluding hydrogens is 333 g/mol. The monoisotopic (exact) mass is 333 g/mol. The predicted octanol–water partition coefficient (Wildman–Crippen LogP) is 3.46. The largest absolute Gasteiger partial charge is 0.227 e. The van der Waals surface area contributed by atoms with Crippen LogP contribution in [0.3, 0.4) is 0 Å². The molecule has 1 nitrogen and oxygen atoms in total. The Morgan fingerprint density at radius 3 is 2.14 bits per heavy atom. The lowest BCUT2D eigenvalue weighted by Crippen LogP contribution is -1.96. The number of halogens is 5. The molecule has 1 aromatic heterocycles. The van der Waals surface area contributed by atoms with Gasteiger partial charge in [-0.2, -0.15) is 0 Å². The van der Waals surface area contributed by atoms with Crippen molar-refractivity contribution in [1.82, 2.24) is 4.98 Å². The molecule has 7 heteroatoms. The van der Waals surface area contributed by atoms with Gasteiger partial charge in [0.05, 0.1) is 4.70 Å². The van der Waals surface area contributed by atoms with E-state index in [0.29, 0.717) is 3.01 Å². The zero-order valence-corrected chi connectivity index (χ0v) is 9.22. The molecule has 0 atom stereocenters. The molecule has 1 aromatic carbocycles. The van der Waals surface area contributed by atoms with Crippen LogP contribution in [-0.4, -0.2) is 4.98 Å². The lowest BCUT2D eigenvalue weighted by atomic mass is 10.3. The summed E-state index contributed by atoms with van der Waals surface area (Å²) in [5.74, 6) is -6.45. The van der Waals surface area contributed by atoms with Gasteiger partial charge in [0.25, 0.3) is 0 Å². The van der Waals surface area contributed by atoms with Gasteiger partial charge in [0.1, 0.15) is 5.52 Å². The Kier molecular flexibility index (Phi) is 2.38. The molecule has 0 aliphatic heterocycles. The number of hydrogen-bond acceptors (Lipinski definition) is 2. The van der Waals surface area contributed by atoms with Gasteiger partial charge in [0.15, 0.2) is 26.3 Å². The van der Waals surface area contributed by atoms with Crippen LogP contribution >= 0.6 is 33.9 Å². The van der Waals surface area contributed by atoms with Crippen molar-refractivity contribution >= 4 is 44.1 Å². The van der Waals surface area contributed by atoms with Gasteiger partial charge < -0.3 is 0 Å². The van der Waals surface area contributed by atoms with Gasteiger partial charge in [-0.1, -0.05) is 0 Å². The van der Waals surface area contributed by atoms with E-state index in [2.05, 4.69) is 4.98 Å². The van der Waals surface area contributed by atoms with Crippen LogP contribution in [0, 0.1) is 26.3 Å². The summed E-state index contributed by atoms with van der Waals surface area (Å²) in [5, 5.41) is 0. The Labute approximate surface area is 92.9 Å². The predicted molar refractivity (Wildman–Crippen MR) is 52.2 cm³/mol. The summed E-state index contributed by atoms with van der Waals surface area (Å²) in [7, 11) is 0. The first-order valence-electron chi connectivity index (χ1n) is 3.30. The summed E-state index contributed by atoms with van der Waals surface area (Å²) in [4.78, 5) is 3.56. The first-order chi connectivity index (χ1) is 6.52. The van der Waals surface area contributed by atoms with E-state index in [-0.39, 0.29) is 4.70 Å². The average molecular weight is 333 g/mol. The highest BCUT2D eigenvalue weighted by Crippen LogP contribution is 2.31. The minimum Gasteiger partial charge on any atom is -0.227 e. The lowest BCUT2D eigenvalue weighted by molar-refractivity contribution is 0.418. The van der Waals surface area contributed by atoms with E-state index < -0.39 is 28.8 Å². The molecule has 2 rings (SSSR count). The van der Waals surface area contributed by atoms with Crippen LogP contribution in [0.2, 0.25) is 0 Å². The van der Waals surface area contributed by atoms with Crippen molar-refractivity contribution in [2.45, 2.75) is 0 Å². The van der Waals surface area contributed by atoms with E-state index in [1.807, 2.05) is 0 Å². The molecule has 1 heterocycles. The molecule has 0 spiro atoms. The van der Waals surface area contributed by atoms with Crippen molar-refractivity contribution in [1.29, 1.82) is 0 Å². The van der Waals surface area contributed by atoms with E-state index in [0.717, 1.165) is 11.3 Å². The summed E-state index contributed by atoms with van der Waals surface area (Å²) in [5.41, 5.74) is -0.462. The summed E-state index contributed by atoms with van der Waals surface area (Å²) in [6.07, 6.45) is 0. The Morgan fingerprint density at radius 2 is 1.50 bits per heavy atom. The maximum atomic E-state index is 13.0. The number of hydrogen-bond donors (Lipinski definition) is 0. The summed E-state index contributed by atoms with van der Waals surface area (Å²) in [6.45, 7) is 0. The van der Waals surface area contributed by atoms with Crippen LogP contribution in [-0.2, 0) is 0 Å². The zero-order valence-electron chi connectivity index (χ0n) is 6.25. The van der Waals surface area contributed by atoms with Crippen LogP contribution in [0.1, 0.15) is 0 Å². The van der Waals surface area contributed by atoms with Crippen LogP contribution < -0.4 is 0 Å². The molecule has 0 saturated heterocycles. The first kappa shape index (κ1) is 10.1. The van der Waals surface area contributed by atoms with Crippen molar-refractivity contribution in [3.8, 4) is 0 Å². The standard InChI is InChI=1S/C7F4INS/c8-1-2(9)4(11)6-5(3(1)10)13-7(12)14-6. The van der Waals surface area contributed by atoms with Gasteiger partial charge in [-0.15, -0.1) is 11.3 Å². The third kappa shape index (κ3) is 1.29. The number of nitrogens with zero attached hydrogens (tertiary/aromatic N) is 1. The maximum Gasteiger partial charge on any atom is 0.199 e. The van der Waals surface area contributed by atoms with E-state index >= 15 is 0 Å². The molecule has 0 bridgehead atoms. The second-order valence-electron chi connectivity index (χ2n) is 2.40. The number of fused-ring (bicyclic) bond motifs is 1. The summed E-state index contributed by atoms with van der Waals surface area (Å²) >= 11 is 2.49. The molecule has 0 saturated carbocycles. The van der Waals surface area contributed by atoms with Crippen molar-refractivity contribution in [2.75, 3.05) is 0 Å². The first-order valence-corrected chi connectivity index (χ1v) is 5.20. The van der Waals surface area contributed by atoms with Crippen LogP contribution in [0.15, 0.2) is 0 Å². The van der Waals surface area contributed by atoms with E-state index in [1.54, 1.807) is 22.6 Å². The molecule has 14 heavy (non-hydrogen) atoms. The topological polar surface area (TPSA) is 12.9 Å². The van der Waals surface area contributed by atoms with Crippen molar-refractivity contribution < 1.29 is 17.6 Å². The van der Waals surface area contributed by atoms with Gasteiger partial charge >= 0.3 is 0 Å². The molecule has 0 aliphatic rings.